The summed E-state index contributed by atoms with van der Waals surface area (Å²) in [6.07, 6.45) is 3.57. The summed E-state index contributed by atoms with van der Waals surface area (Å²) in [5, 5.41) is 6.21. The first kappa shape index (κ1) is 12.0. The molecule has 5 nitrogen and oxygen atoms in total. The van der Waals surface area contributed by atoms with Crippen LogP contribution in [0.4, 0.5) is 5.69 Å². The van der Waals surface area contributed by atoms with Crippen LogP contribution in [0, 0.1) is 5.41 Å². The molecule has 1 rings (SSSR count). The molecule has 0 fully saturated rings. The number of sulfonamides is 1. The number of anilines is 1. The molecule has 1 aromatic heterocycles. The number of rotatable bonds is 4. The molecule has 86 valence electrons. The molecule has 0 spiro atoms. The van der Waals surface area contributed by atoms with Gasteiger partial charge >= 0.3 is 0 Å². The van der Waals surface area contributed by atoms with Crippen LogP contribution in [0.15, 0.2) is 12.4 Å². The summed E-state index contributed by atoms with van der Waals surface area (Å²) in [5.41, 5.74) is 0.495. The molecule has 0 aliphatic rings. The van der Waals surface area contributed by atoms with Gasteiger partial charge in [0.25, 0.3) is 0 Å². The van der Waals surface area contributed by atoms with Crippen molar-refractivity contribution in [3.05, 3.63) is 12.4 Å². The van der Waals surface area contributed by atoms with E-state index in [1.165, 1.54) is 12.4 Å². The third-order valence-corrected chi connectivity index (χ3v) is 3.18. The van der Waals surface area contributed by atoms with E-state index >= 15 is 0 Å². The minimum absolute atomic E-state index is 0.0190. The molecule has 0 unspecified atom stereocenters. The van der Waals surface area contributed by atoms with Crippen molar-refractivity contribution in [3.63, 3.8) is 0 Å². The Kier molecular flexibility index (Phi) is 3.38. The second-order valence-corrected chi connectivity index (χ2v) is 6.56. The Morgan fingerprint density at radius 1 is 1.47 bits per heavy atom. The highest BCUT2D eigenvalue weighted by molar-refractivity contribution is 7.92. The zero-order valence-corrected chi connectivity index (χ0v) is 10.1. The van der Waals surface area contributed by atoms with Gasteiger partial charge in [-0.15, -0.1) is 0 Å². The third-order valence-electron chi connectivity index (χ3n) is 1.89. The molecule has 1 aromatic rings. The van der Waals surface area contributed by atoms with E-state index in [2.05, 4.69) is 14.9 Å². The molecule has 0 saturated carbocycles. The normalized spacial score (nSPS) is 12.7. The molecule has 6 heteroatoms. The number of hydrogen-bond donors (Lipinski definition) is 2. The highest BCUT2D eigenvalue weighted by Crippen LogP contribution is 2.19. The van der Waals surface area contributed by atoms with Crippen molar-refractivity contribution < 1.29 is 8.42 Å². The van der Waals surface area contributed by atoms with Crippen molar-refractivity contribution in [2.24, 2.45) is 5.41 Å². The Morgan fingerprint density at radius 3 is 2.60 bits per heavy atom. The highest BCUT2D eigenvalue weighted by Gasteiger charge is 2.17. The van der Waals surface area contributed by atoms with Crippen LogP contribution in [0.25, 0.3) is 0 Å². The molecule has 0 aromatic carbocycles. The van der Waals surface area contributed by atoms with Crippen LogP contribution in [-0.4, -0.2) is 24.4 Å². The van der Waals surface area contributed by atoms with Crippen molar-refractivity contribution in [2.75, 3.05) is 10.5 Å². The van der Waals surface area contributed by atoms with Gasteiger partial charge in [0.1, 0.15) is 0 Å². The van der Waals surface area contributed by atoms with Crippen molar-refractivity contribution in [3.8, 4) is 0 Å². The van der Waals surface area contributed by atoms with Crippen molar-refractivity contribution in [1.82, 2.24) is 10.2 Å². The maximum Gasteiger partial charge on any atom is 0.232 e. The number of hydrogen-bond acceptors (Lipinski definition) is 3. The maximum atomic E-state index is 11.6. The van der Waals surface area contributed by atoms with Crippen molar-refractivity contribution >= 4 is 15.7 Å². The fourth-order valence-electron chi connectivity index (χ4n) is 0.978. The fourth-order valence-corrected chi connectivity index (χ4v) is 2.43. The van der Waals surface area contributed by atoms with Gasteiger partial charge in [0.05, 0.1) is 17.6 Å². The number of H-pyrrole nitrogens is 1. The summed E-state index contributed by atoms with van der Waals surface area (Å²) in [6, 6.07) is 0. The molecule has 1 heterocycles. The summed E-state index contributed by atoms with van der Waals surface area (Å²) >= 11 is 0. The van der Waals surface area contributed by atoms with E-state index in [0.29, 0.717) is 12.1 Å². The van der Waals surface area contributed by atoms with Crippen LogP contribution in [0.3, 0.4) is 0 Å². The van der Waals surface area contributed by atoms with Gasteiger partial charge in [-0.2, -0.15) is 5.10 Å². The van der Waals surface area contributed by atoms with Crippen molar-refractivity contribution in [2.45, 2.75) is 27.2 Å². The summed E-state index contributed by atoms with van der Waals surface area (Å²) in [5.74, 6) is 0.127. The Hall–Kier alpha value is -1.04. The van der Waals surface area contributed by atoms with Crippen LogP contribution < -0.4 is 4.72 Å². The molecular weight excluding hydrogens is 214 g/mol. The molecule has 0 radical (unpaired) electrons. The van der Waals surface area contributed by atoms with Crippen LogP contribution in [0.5, 0.6) is 0 Å². The smallest absolute Gasteiger partial charge is 0.232 e. The van der Waals surface area contributed by atoms with Gasteiger partial charge in [-0.25, -0.2) is 8.42 Å². The lowest BCUT2D eigenvalue weighted by molar-refractivity contribution is 0.397. The molecular formula is C9H17N3O2S. The molecule has 0 saturated heterocycles. The second-order valence-electron chi connectivity index (χ2n) is 4.72. The van der Waals surface area contributed by atoms with Crippen LogP contribution in [0.1, 0.15) is 27.2 Å². The van der Waals surface area contributed by atoms with Gasteiger partial charge in [0.2, 0.25) is 10.0 Å². The topological polar surface area (TPSA) is 74.8 Å². The van der Waals surface area contributed by atoms with E-state index in [1.807, 2.05) is 20.8 Å². The lowest BCUT2D eigenvalue weighted by Gasteiger charge is -2.17. The van der Waals surface area contributed by atoms with Crippen molar-refractivity contribution in [1.29, 1.82) is 0 Å². The van der Waals surface area contributed by atoms with Gasteiger partial charge in [0, 0.05) is 6.20 Å². The van der Waals surface area contributed by atoms with Crippen LogP contribution in [-0.2, 0) is 10.0 Å². The Bertz CT molecular complexity index is 389. The van der Waals surface area contributed by atoms with E-state index in [9.17, 15) is 8.42 Å². The Morgan fingerprint density at radius 2 is 2.13 bits per heavy atom. The van der Waals surface area contributed by atoms with Gasteiger partial charge < -0.3 is 0 Å². The van der Waals surface area contributed by atoms with E-state index in [0.717, 1.165) is 0 Å². The van der Waals surface area contributed by atoms with Crippen LogP contribution >= 0.6 is 0 Å². The minimum Gasteiger partial charge on any atom is -0.284 e. The lowest BCUT2D eigenvalue weighted by Crippen LogP contribution is -2.20. The van der Waals surface area contributed by atoms with E-state index in [-0.39, 0.29) is 11.2 Å². The summed E-state index contributed by atoms with van der Waals surface area (Å²) in [7, 11) is -3.25. The molecule has 0 bridgehead atoms. The molecule has 0 aliphatic carbocycles. The predicted molar refractivity (Wildman–Crippen MR) is 60.1 cm³/mol. The standard InChI is InChI=1S/C9H17N3O2S/c1-9(2,3)4-5-15(13,14)12-8-6-10-11-7-8/h6-7,12H,4-5H2,1-3H3,(H,10,11). The molecule has 0 atom stereocenters. The zero-order valence-electron chi connectivity index (χ0n) is 9.24. The quantitative estimate of drug-likeness (QED) is 0.826. The molecule has 0 amide bonds. The SMILES string of the molecule is CC(C)(C)CCS(=O)(=O)Nc1cn[nH]c1. The highest BCUT2D eigenvalue weighted by atomic mass is 32.2. The van der Waals surface area contributed by atoms with Crippen LogP contribution in [0.2, 0.25) is 0 Å². The number of aromatic nitrogens is 2. The van der Waals surface area contributed by atoms with E-state index < -0.39 is 10.0 Å². The summed E-state index contributed by atoms with van der Waals surface area (Å²) in [4.78, 5) is 0. The lowest BCUT2D eigenvalue weighted by atomic mass is 9.94. The zero-order chi connectivity index (χ0) is 11.5. The van der Waals surface area contributed by atoms with Gasteiger partial charge in [-0.1, -0.05) is 20.8 Å². The molecule has 2 N–H and O–H groups in total. The second kappa shape index (κ2) is 4.22. The average molecular weight is 231 g/mol. The monoisotopic (exact) mass is 231 g/mol. The molecule has 0 aliphatic heterocycles. The maximum absolute atomic E-state index is 11.6. The largest absolute Gasteiger partial charge is 0.284 e. The summed E-state index contributed by atoms with van der Waals surface area (Å²) < 4.78 is 25.6. The number of nitrogens with one attached hydrogen (secondary N) is 2. The predicted octanol–water partition coefficient (Wildman–Crippen LogP) is 1.59. The van der Waals surface area contributed by atoms with E-state index in [1.54, 1.807) is 0 Å². The average Bonchev–Trinajstić information content (AvgIpc) is 2.52. The first-order valence-electron chi connectivity index (χ1n) is 4.78. The summed E-state index contributed by atoms with van der Waals surface area (Å²) in [6.45, 7) is 6.04. The Labute approximate surface area is 90.3 Å². The van der Waals surface area contributed by atoms with Gasteiger partial charge in [-0.05, 0) is 11.8 Å². The number of nitrogens with zero attached hydrogens (tertiary/aromatic N) is 1. The Balaban J connectivity index is 2.54. The fraction of sp³-hybridized carbons (Fsp3) is 0.667. The van der Waals surface area contributed by atoms with Gasteiger partial charge in [0.15, 0.2) is 0 Å². The third kappa shape index (κ3) is 4.83. The first-order valence-corrected chi connectivity index (χ1v) is 6.43. The van der Waals surface area contributed by atoms with E-state index in [4.69, 9.17) is 0 Å². The first-order chi connectivity index (χ1) is 6.79. The number of aromatic amines is 1. The molecule has 15 heavy (non-hydrogen) atoms. The minimum atomic E-state index is -3.25. The van der Waals surface area contributed by atoms with Gasteiger partial charge in [-0.3, -0.25) is 9.82 Å².